The fraction of sp³-hybridized carbons (Fsp3) is 0.600. The molecule has 0 bridgehead atoms. The van der Waals surface area contributed by atoms with Crippen molar-refractivity contribution in [3.8, 4) is 0 Å². The molecule has 1 rings (SSSR count). The number of hydrogen-bond donors (Lipinski definition) is 1. The maximum absolute atomic E-state index is 10.8. The normalized spacial score (nSPS) is 15.3. The van der Waals surface area contributed by atoms with E-state index in [9.17, 15) is 4.79 Å². The topological polar surface area (TPSA) is 58.4 Å². The standard InChI is InChI=1S/C10H17N3O2/c1-7(9-5-11-12(3)6-9)13(4)8(2)10(14)15/h5-8H,1-4H3,(H,14,15). The molecule has 0 fully saturated rings. The van der Waals surface area contributed by atoms with E-state index < -0.39 is 12.0 Å². The van der Waals surface area contributed by atoms with Gasteiger partial charge >= 0.3 is 5.97 Å². The first kappa shape index (κ1) is 11.7. The van der Waals surface area contributed by atoms with Crippen LogP contribution in [0.25, 0.3) is 0 Å². The zero-order valence-electron chi connectivity index (χ0n) is 9.51. The highest BCUT2D eigenvalue weighted by molar-refractivity contribution is 5.72. The summed E-state index contributed by atoms with van der Waals surface area (Å²) in [6, 6.07) is -0.454. The molecule has 1 N–H and O–H groups in total. The Hall–Kier alpha value is -1.36. The van der Waals surface area contributed by atoms with E-state index in [2.05, 4.69) is 5.10 Å². The number of likely N-dealkylation sites (N-methyl/N-ethyl adjacent to an activating group) is 1. The highest BCUT2D eigenvalue weighted by Gasteiger charge is 2.23. The van der Waals surface area contributed by atoms with Crippen LogP contribution in [0.1, 0.15) is 25.5 Å². The number of carbonyl (C=O) groups is 1. The fourth-order valence-electron chi connectivity index (χ4n) is 1.40. The molecule has 0 aromatic carbocycles. The van der Waals surface area contributed by atoms with Gasteiger partial charge in [-0.15, -0.1) is 0 Å². The molecule has 0 amide bonds. The van der Waals surface area contributed by atoms with Crippen molar-refractivity contribution in [2.24, 2.45) is 7.05 Å². The molecule has 0 radical (unpaired) electrons. The van der Waals surface area contributed by atoms with Crippen LogP contribution in [-0.2, 0) is 11.8 Å². The zero-order chi connectivity index (χ0) is 11.6. The predicted molar refractivity (Wildman–Crippen MR) is 56.5 cm³/mol. The average molecular weight is 211 g/mol. The highest BCUT2D eigenvalue weighted by Crippen LogP contribution is 2.19. The molecular weight excluding hydrogens is 194 g/mol. The van der Waals surface area contributed by atoms with Crippen LogP contribution in [0.5, 0.6) is 0 Å². The first-order chi connectivity index (χ1) is 6.93. The number of aliphatic carboxylic acids is 1. The molecular formula is C10H17N3O2. The van der Waals surface area contributed by atoms with Crippen molar-refractivity contribution in [1.29, 1.82) is 0 Å². The second-order valence-corrected chi connectivity index (χ2v) is 3.80. The number of nitrogens with zero attached hydrogens (tertiary/aromatic N) is 3. The molecule has 0 spiro atoms. The summed E-state index contributed by atoms with van der Waals surface area (Å²) in [7, 11) is 3.65. The van der Waals surface area contributed by atoms with Gasteiger partial charge in [-0.2, -0.15) is 5.10 Å². The summed E-state index contributed by atoms with van der Waals surface area (Å²) in [5.74, 6) is -0.812. The van der Waals surface area contributed by atoms with Crippen LogP contribution in [0.15, 0.2) is 12.4 Å². The van der Waals surface area contributed by atoms with Crippen molar-refractivity contribution in [1.82, 2.24) is 14.7 Å². The molecule has 5 nitrogen and oxygen atoms in total. The third-order valence-electron chi connectivity index (χ3n) is 2.79. The SMILES string of the molecule is CC(C(=O)O)N(C)C(C)c1cnn(C)c1. The Bertz CT molecular complexity index is 348. The van der Waals surface area contributed by atoms with Gasteiger partial charge in [0.05, 0.1) is 6.20 Å². The summed E-state index contributed by atoms with van der Waals surface area (Å²) in [5.41, 5.74) is 1.02. The summed E-state index contributed by atoms with van der Waals surface area (Å²) in [4.78, 5) is 12.6. The van der Waals surface area contributed by atoms with Gasteiger partial charge in [-0.3, -0.25) is 14.4 Å². The largest absolute Gasteiger partial charge is 0.480 e. The number of rotatable bonds is 4. The van der Waals surface area contributed by atoms with E-state index in [-0.39, 0.29) is 6.04 Å². The van der Waals surface area contributed by atoms with Gasteiger partial charge in [-0.05, 0) is 20.9 Å². The van der Waals surface area contributed by atoms with Crippen LogP contribution in [-0.4, -0.2) is 38.8 Å². The molecule has 0 saturated carbocycles. The van der Waals surface area contributed by atoms with Crippen LogP contribution < -0.4 is 0 Å². The smallest absolute Gasteiger partial charge is 0.320 e. The molecule has 84 valence electrons. The molecule has 15 heavy (non-hydrogen) atoms. The van der Waals surface area contributed by atoms with E-state index >= 15 is 0 Å². The molecule has 1 aromatic rings. The van der Waals surface area contributed by atoms with Gasteiger partial charge in [0.25, 0.3) is 0 Å². The number of aromatic nitrogens is 2. The third kappa shape index (κ3) is 2.56. The third-order valence-corrected chi connectivity index (χ3v) is 2.79. The van der Waals surface area contributed by atoms with Gasteiger partial charge in [-0.1, -0.05) is 0 Å². The van der Waals surface area contributed by atoms with Gasteiger partial charge in [0.1, 0.15) is 6.04 Å². The maximum atomic E-state index is 10.8. The summed E-state index contributed by atoms with van der Waals surface area (Å²) in [5, 5.41) is 13.0. The second kappa shape index (κ2) is 4.44. The molecule has 1 heterocycles. The molecule has 1 aromatic heterocycles. The Labute approximate surface area is 89.3 Å². The lowest BCUT2D eigenvalue weighted by Gasteiger charge is -2.27. The van der Waals surface area contributed by atoms with E-state index in [0.29, 0.717) is 0 Å². The van der Waals surface area contributed by atoms with Crippen LogP contribution in [0.4, 0.5) is 0 Å². The van der Waals surface area contributed by atoms with Gasteiger partial charge in [-0.25, -0.2) is 0 Å². The van der Waals surface area contributed by atoms with Gasteiger partial charge < -0.3 is 5.11 Å². The first-order valence-electron chi connectivity index (χ1n) is 4.86. The Balaban J connectivity index is 2.76. The molecule has 5 heteroatoms. The van der Waals surface area contributed by atoms with Gasteiger partial charge in [0.2, 0.25) is 0 Å². The summed E-state index contributed by atoms with van der Waals surface area (Å²) in [6.07, 6.45) is 3.66. The fourth-order valence-corrected chi connectivity index (χ4v) is 1.40. The summed E-state index contributed by atoms with van der Waals surface area (Å²) >= 11 is 0. The summed E-state index contributed by atoms with van der Waals surface area (Å²) in [6.45, 7) is 3.64. The van der Waals surface area contributed by atoms with E-state index in [4.69, 9.17) is 5.11 Å². The van der Waals surface area contributed by atoms with Crippen molar-refractivity contribution in [3.05, 3.63) is 18.0 Å². The van der Waals surface area contributed by atoms with Gasteiger partial charge in [0, 0.05) is 24.8 Å². The number of carboxylic acid groups (broad SMARTS) is 1. The minimum atomic E-state index is -0.812. The Morgan fingerprint density at radius 1 is 1.60 bits per heavy atom. The number of aryl methyl sites for hydroxylation is 1. The van der Waals surface area contributed by atoms with Crippen LogP contribution in [0, 0.1) is 0 Å². The van der Waals surface area contributed by atoms with Crippen LogP contribution >= 0.6 is 0 Å². The van der Waals surface area contributed by atoms with E-state index in [1.807, 2.05) is 20.2 Å². The van der Waals surface area contributed by atoms with Crippen LogP contribution in [0.2, 0.25) is 0 Å². The quantitative estimate of drug-likeness (QED) is 0.803. The molecule has 0 saturated heterocycles. The highest BCUT2D eigenvalue weighted by atomic mass is 16.4. The predicted octanol–water partition coefficient (Wildman–Crippen LogP) is 0.886. The first-order valence-corrected chi connectivity index (χ1v) is 4.86. The Morgan fingerprint density at radius 2 is 2.20 bits per heavy atom. The minimum Gasteiger partial charge on any atom is -0.480 e. The average Bonchev–Trinajstić information content (AvgIpc) is 2.61. The molecule has 2 atom stereocenters. The molecule has 2 unspecified atom stereocenters. The zero-order valence-corrected chi connectivity index (χ0v) is 9.51. The van der Waals surface area contributed by atoms with Crippen LogP contribution in [0.3, 0.4) is 0 Å². The van der Waals surface area contributed by atoms with E-state index in [1.54, 1.807) is 29.7 Å². The molecule has 0 aliphatic carbocycles. The Kier molecular flexibility index (Phi) is 3.47. The molecule has 0 aliphatic heterocycles. The van der Waals surface area contributed by atoms with Crippen molar-refractivity contribution >= 4 is 5.97 Å². The van der Waals surface area contributed by atoms with E-state index in [1.165, 1.54) is 0 Å². The maximum Gasteiger partial charge on any atom is 0.320 e. The van der Waals surface area contributed by atoms with Crippen molar-refractivity contribution < 1.29 is 9.90 Å². The molecule has 0 aliphatic rings. The monoisotopic (exact) mass is 211 g/mol. The lowest BCUT2D eigenvalue weighted by Crippen LogP contribution is -2.37. The van der Waals surface area contributed by atoms with Crippen molar-refractivity contribution in [3.63, 3.8) is 0 Å². The van der Waals surface area contributed by atoms with Crippen molar-refractivity contribution in [2.75, 3.05) is 7.05 Å². The van der Waals surface area contributed by atoms with E-state index in [0.717, 1.165) is 5.56 Å². The Morgan fingerprint density at radius 3 is 2.60 bits per heavy atom. The summed E-state index contributed by atoms with van der Waals surface area (Å²) < 4.78 is 1.71. The number of carboxylic acids is 1. The minimum absolute atomic E-state index is 0.0461. The number of hydrogen-bond acceptors (Lipinski definition) is 3. The lowest BCUT2D eigenvalue weighted by molar-refractivity contribution is -0.142. The second-order valence-electron chi connectivity index (χ2n) is 3.80. The van der Waals surface area contributed by atoms with Gasteiger partial charge in [0.15, 0.2) is 0 Å². The van der Waals surface area contributed by atoms with Crippen molar-refractivity contribution in [2.45, 2.75) is 25.9 Å². The lowest BCUT2D eigenvalue weighted by atomic mass is 10.1.